The van der Waals surface area contributed by atoms with E-state index in [-0.39, 0.29) is 0 Å². The molecule has 0 saturated heterocycles. The van der Waals surface area contributed by atoms with E-state index in [1.54, 1.807) is 7.11 Å². The van der Waals surface area contributed by atoms with Gasteiger partial charge in [-0.2, -0.15) is 0 Å². The van der Waals surface area contributed by atoms with Crippen LogP contribution in [0.2, 0.25) is 6.55 Å². The lowest BCUT2D eigenvalue weighted by Gasteiger charge is -2.10. The fourth-order valence-electron chi connectivity index (χ4n) is 1.06. The molecule has 1 nitrogen and oxygen atoms in total. The predicted octanol–water partition coefficient (Wildman–Crippen LogP) is 2.59. The highest BCUT2D eigenvalue weighted by atomic mass is 35.7. The lowest BCUT2D eigenvalue weighted by molar-refractivity contribution is 0.185. The van der Waals surface area contributed by atoms with Crippen LogP contribution in [0.1, 0.15) is 5.56 Å². The Balaban J connectivity index is 2.81. The van der Waals surface area contributed by atoms with Gasteiger partial charge < -0.3 is 4.74 Å². The van der Waals surface area contributed by atoms with Crippen molar-refractivity contribution < 1.29 is 4.74 Å². The number of benzene rings is 1. The minimum atomic E-state index is -2.18. The molecule has 0 amide bonds. The van der Waals surface area contributed by atoms with E-state index in [4.69, 9.17) is 26.9 Å². The molecule has 0 fully saturated rings. The third kappa shape index (κ3) is 3.31. The van der Waals surface area contributed by atoms with Crippen molar-refractivity contribution >= 4 is 34.0 Å². The first-order valence-corrected chi connectivity index (χ1v) is 8.52. The molecule has 72 valence electrons. The average molecular weight is 235 g/mol. The monoisotopic (exact) mass is 234 g/mol. The molecule has 1 aromatic rings. The number of methoxy groups -OCH3 is 1. The summed E-state index contributed by atoms with van der Waals surface area (Å²) in [4.78, 5) is 0. The summed E-state index contributed by atoms with van der Waals surface area (Å²) in [7, 11) is 1.68. The second kappa shape index (κ2) is 4.47. The Hall–Kier alpha value is -0.0231. The number of hydrogen-bond acceptors (Lipinski definition) is 1. The van der Waals surface area contributed by atoms with E-state index in [1.807, 2.05) is 30.8 Å². The van der Waals surface area contributed by atoms with E-state index < -0.39 is 6.69 Å². The first-order valence-electron chi connectivity index (χ1n) is 4.00. The van der Waals surface area contributed by atoms with Gasteiger partial charge in [-0.25, -0.2) is 0 Å². The van der Waals surface area contributed by atoms with Crippen molar-refractivity contribution in [2.45, 2.75) is 13.2 Å². The number of halogens is 2. The summed E-state index contributed by atoms with van der Waals surface area (Å²) in [6, 6.07) is 7.94. The molecule has 1 rings (SSSR count). The van der Waals surface area contributed by atoms with Gasteiger partial charge in [0.1, 0.15) is 0 Å². The van der Waals surface area contributed by atoms with Crippen LogP contribution in [0.25, 0.3) is 0 Å². The van der Waals surface area contributed by atoms with Gasteiger partial charge in [0.25, 0.3) is 6.69 Å². The van der Waals surface area contributed by atoms with Gasteiger partial charge in [-0.1, -0.05) is 24.3 Å². The highest BCUT2D eigenvalue weighted by molar-refractivity contribution is 7.50. The van der Waals surface area contributed by atoms with Crippen LogP contribution in [0, 0.1) is 0 Å². The SMILES string of the molecule is COCc1ccc([Si](C)(Cl)Cl)cc1. The zero-order valence-corrected chi connectivity index (χ0v) is 10.2. The summed E-state index contributed by atoms with van der Waals surface area (Å²) >= 11 is 12.1. The second-order valence-corrected chi connectivity index (χ2v) is 10.5. The minimum Gasteiger partial charge on any atom is -0.380 e. The Morgan fingerprint density at radius 3 is 2.15 bits per heavy atom. The fraction of sp³-hybridized carbons (Fsp3) is 0.333. The van der Waals surface area contributed by atoms with Gasteiger partial charge in [0.05, 0.1) is 6.61 Å². The summed E-state index contributed by atoms with van der Waals surface area (Å²) in [6.07, 6.45) is 0. The molecule has 1 aromatic carbocycles. The first kappa shape index (κ1) is 11.1. The Kier molecular flexibility index (Phi) is 3.80. The van der Waals surface area contributed by atoms with E-state index >= 15 is 0 Å². The molecular formula is C9H12Cl2OSi. The van der Waals surface area contributed by atoms with E-state index in [2.05, 4.69) is 0 Å². The van der Waals surface area contributed by atoms with Crippen molar-refractivity contribution in [3.63, 3.8) is 0 Å². The standard InChI is InChI=1S/C9H12Cl2OSi/c1-12-7-8-3-5-9(6-4-8)13(2,10)11/h3-6H,7H2,1-2H3. The number of ether oxygens (including phenoxy) is 1. The Morgan fingerprint density at radius 2 is 1.77 bits per heavy atom. The summed E-state index contributed by atoms with van der Waals surface area (Å²) in [5, 5.41) is 1.04. The molecular weight excluding hydrogens is 223 g/mol. The van der Waals surface area contributed by atoms with Crippen molar-refractivity contribution in [3.8, 4) is 0 Å². The van der Waals surface area contributed by atoms with Gasteiger partial charge in [0.2, 0.25) is 0 Å². The van der Waals surface area contributed by atoms with Gasteiger partial charge in [-0.15, -0.1) is 22.2 Å². The summed E-state index contributed by atoms with van der Waals surface area (Å²) in [6.45, 7) is 0.343. The minimum absolute atomic E-state index is 0.628. The van der Waals surface area contributed by atoms with Crippen LogP contribution >= 0.6 is 22.2 Å². The smallest absolute Gasteiger partial charge is 0.277 e. The van der Waals surface area contributed by atoms with Crippen molar-refractivity contribution in [1.29, 1.82) is 0 Å². The largest absolute Gasteiger partial charge is 0.380 e. The normalized spacial score (nSPS) is 11.7. The molecule has 0 aliphatic carbocycles. The van der Waals surface area contributed by atoms with Gasteiger partial charge in [-0.05, 0) is 17.3 Å². The molecule has 0 aromatic heterocycles. The Morgan fingerprint density at radius 1 is 1.23 bits per heavy atom. The topological polar surface area (TPSA) is 9.23 Å². The van der Waals surface area contributed by atoms with E-state index in [1.165, 1.54) is 0 Å². The van der Waals surface area contributed by atoms with Crippen LogP contribution < -0.4 is 5.19 Å². The summed E-state index contributed by atoms with van der Waals surface area (Å²) in [5.74, 6) is 0. The number of rotatable bonds is 3. The maximum absolute atomic E-state index is 6.06. The van der Waals surface area contributed by atoms with Gasteiger partial charge in [0.15, 0.2) is 0 Å². The third-order valence-electron chi connectivity index (χ3n) is 1.77. The molecule has 0 atom stereocenters. The molecule has 0 N–H and O–H groups in total. The molecule has 0 unspecified atom stereocenters. The lowest BCUT2D eigenvalue weighted by atomic mass is 10.2. The van der Waals surface area contributed by atoms with Gasteiger partial charge in [0, 0.05) is 7.11 Å². The van der Waals surface area contributed by atoms with E-state index in [0.717, 1.165) is 10.8 Å². The lowest BCUT2D eigenvalue weighted by Crippen LogP contribution is -2.32. The van der Waals surface area contributed by atoms with E-state index in [9.17, 15) is 0 Å². The van der Waals surface area contributed by atoms with Crippen LogP contribution in [0.4, 0.5) is 0 Å². The molecule has 0 spiro atoms. The zero-order valence-electron chi connectivity index (χ0n) is 7.68. The van der Waals surface area contributed by atoms with Crippen LogP contribution in [-0.4, -0.2) is 13.8 Å². The molecule has 0 radical (unpaired) electrons. The van der Waals surface area contributed by atoms with Crippen LogP contribution in [0.3, 0.4) is 0 Å². The molecule has 0 heterocycles. The van der Waals surface area contributed by atoms with Crippen LogP contribution in [-0.2, 0) is 11.3 Å². The molecule has 0 aliphatic heterocycles. The van der Waals surface area contributed by atoms with Crippen molar-refractivity contribution in [1.82, 2.24) is 0 Å². The molecule has 0 bridgehead atoms. The third-order valence-corrected chi connectivity index (χ3v) is 4.43. The van der Waals surface area contributed by atoms with Crippen LogP contribution in [0.5, 0.6) is 0 Å². The maximum atomic E-state index is 6.06. The van der Waals surface area contributed by atoms with Gasteiger partial charge in [-0.3, -0.25) is 0 Å². The van der Waals surface area contributed by atoms with Gasteiger partial charge >= 0.3 is 0 Å². The molecule has 0 saturated carbocycles. The quantitative estimate of drug-likeness (QED) is 0.578. The second-order valence-electron chi connectivity index (χ2n) is 3.02. The highest BCUT2D eigenvalue weighted by Crippen LogP contribution is 2.14. The zero-order chi connectivity index (χ0) is 9.90. The van der Waals surface area contributed by atoms with Crippen molar-refractivity contribution in [2.24, 2.45) is 0 Å². The summed E-state index contributed by atoms with van der Waals surface area (Å²) in [5.41, 5.74) is 1.14. The molecule has 13 heavy (non-hydrogen) atoms. The van der Waals surface area contributed by atoms with Crippen LogP contribution in [0.15, 0.2) is 24.3 Å². The highest BCUT2D eigenvalue weighted by Gasteiger charge is 2.23. The fourth-order valence-corrected chi connectivity index (χ4v) is 2.57. The predicted molar refractivity (Wildman–Crippen MR) is 60.1 cm³/mol. The molecule has 0 aliphatic rings. The Labute approximate surface area is 89.0 Å². The summed E-state index contributed by atoms with van der Waals surface area (Å²) < 4.78 is 5.00. The molecule has 4 heteroatoms. The number of hydrogen-bond donors (Lipinski definition) is 0. The Bertz CT molecular complexity index is 266. The van der Waals surface area contributed by atoms with Crippen molar-refractivity contribution in [3.05, 3.63) is 29.8 Å². The first-order chi connectivity index (χ1) is 6.04. The van der Waals surface area contributed by atoms with E-state index in [0.29, 0.717) is 6.61 Å². The maximum Gasteiger partial charge on any atom is 0.277 e. The average Bonchev–Trinajstić information content (AvgIpc) is 2.04. The van der Waals surface area contributed by atoms with Crippen molar-refractivity contribution in [2.75, 3.05) is 7.11 Å².